The number of hydrogen-bond donors (Lipinski definition) is 1. The Morgan fingerprint density at radius 3 is 2.55 bits per heavy atom. The van der Waals surface area contributed by atoms with Crippen molar-refractivity contribution in [2.75, 3.05) is 0 Å². The monoisotopic (exact) mass is 407 g/mol. The van der Waals surface area contributed by atoms with Crippen molar-refractivity contribution in [3.63, 3.8) is 0 Å². The highest BCUT2D eigenvalue weighted by atomic mass is 16.5. The van der Waals surface area contributed by atoms with Crippen molar-refractivity contribution >= 4 is 10.8 Å². The van der Waals surface area contributed by atoms with Gasteiger partial charge < -0.3 is 14.4 Å². The molecule has 0 radical (unpaired) electrons. The Labute approximate surface area is 180 Å². The lowest BCUT2D eigenvalue weighted by atomic mass is 10.0. The minimum absolute atomic E-state index is 0.277. The van der Waals surface area contributed by atoms with Gasteiger partial charge >= 0.3 is 0 Å². The van der Waals surface area contributed by atoms with Crippen LogP contribution in [0.4, 0.5) is 0 Å². The number of fused-ring (bicyclic) bond motifs is 1. The fourth-order valence-electron chi connectivity index (χ4n) is 3.80. The zero-order chi connectivity index (χ0) is 21.2. The van der Waals surface area contributed by atoms with Crippen LogP contribution in [-0.4, -0.2) is 19.6 Å². The average Bonchev–Trinajstić information content (AvgIpc) is 3.12. The Balaban J connectivity index is 1.41. The first-order chi connectivity index (χ1) is 15.2. The zero-order valence-electron chi connectivity index (χ0n) is 17.1. The smallest absolute Gasteiger partial charge is 0.219 e. The Morgan fingerprint density at radius 2 is 1.81 bits per heavy atom. The SMILES string of the molecule is Cc1cc(-c2cccnc2)cc2cn(Cc3ccc(Oc4ccccn4)cc3)c(O)c12. The van der Waals surface area contributed by atoms with Crippen LogP contribution in [0.15, 0.2) is 91.5 Å². The lowest BCUT2D eigenvalue weighted by Crippen LogP contribution is -1.97. The normalized spacial score (nSPS) is 11.0. The summed E-state index contributed by atoms with van der Waals surface area (Å²) in [7, 11) is 0. The number of aromatic nitrogens is 3. The molecule has 5 heteroatoms. The Hall–Kier alpha value is -4.12. The van der Waals surface area contributed by atoms with Gasteiger partial charge in [-0.3, -0.25) is 4.98 Å². The van der Waals surface area contributed by atoms with Gasteiger partial charge in [0.2, 0.25) is 5.88 Å². The molecule has 0 amide bonds. The van der Waals surface area contributed by atoms with Gasteiger partial charge in [0, 0.05) is 47.2 Å². The van der Waals surface area contributed by atoms with Gasteiger partial charge in [-0.25, -0.2) is 4.98 Å². The molecule has 0 saturated heterocycles. The molecule has 1 N–H and O–H groups in total. The predicted molar refractivity (Wildman–Crippen MR) is 121 cm³/mol. The lowest BCUT2D eigenvalue weighted by Gasteiger charge is -2.08. The number of rotatable bonds is 5. The minimum Gasteiger partial charge on any atom is -0.494 e. The van der Waals surface area contributed by atoms with Crippen LogP contribution in [0.3, 0.4) is 0 Å². The quantitative estimate of drug-likeness (QED) is 0.391. The van der Waals surface area contributed by atoms with Crippen LogP contribution in [0.1, 0.15) is 11.1 Å². The molecule has 3 aromatic heterocycles. The summed E-state index contributed by atoms with van der Waals surface area (Å²) in [5.41, 5.74) is 4.25. The Bertz CT molecular complexity index is 1330. The summed E-state index contributed by atoms with van der Waals surface area (Å²) < 4.78 is 7.63. The summed E-state index contributed by atoms with van der Waals surface area (Å²) in [5, 5.41) is 12.7. The second-order valence-corrected chi connectivity index (χ2v) is 7.49. The molecule has 152 valence electrons. The van der Waals surface area contributed by atoms with Gasteiger partial charge in [0.15, 0.2) is 5.88 Å². The molecule has 0 spiro atoms. The molecule has 0 fully saturated rings. The molecule has 0 aliphatic heterocycles. The third kappa shape index (κ3) is 3.85. The third-order valence-corrected chi connectivity index (χ3v) is 5.29. The molecule has 0 bridgehead atoms. The van der Waals surface area contributed by atoms with Crippen LogP contribution in [0, 0.1) is 6.92 Å². The largest absolute Gasteiger partial charge is 0.494 e. The second-order valence-electron chi connectivity index (χ2n) is 7.49. The first-order valence-electron chi connectivity index (χ1n) is 10.1. The summed E-state index contributed by atoms with van der Waals surface area (Å²) >= 11 is 0. The van der Waals surface area contributed by atoms with Crippen molar-refractivity contribution in [3.8, 4) is 28.6 Å². The van der Waals surface area contributed by atoms with E-state index in [9.17, 15) is 5.11 Å². The van der Waals surface area contributed by atoms with Gasteiger partial charge in [-0.15, -0.1) is 0 Å². The van der Waals surface area contributed by atoms with Crippen LogP contribution in [-0.2, 0) is 6.54 Å². The van der Waals surface area contributed by atoms with E-state index in [0.29, 0.717) is 12.4 Å². The van der Waals surface area contributed by atoms with Crippen molar-refractivity contribution < 1.29 is 9.84 Å². The van der Waals surface area contributed by atoms with E-state index in [1.54, 1.807) is 12.4 Å². The summed E-state index contributed by atoms with van der Waals surface area (Å²) in [6, 6.07) is 21.5. The van der Waals surface area contributed by atoms with Crippen molar-refractivity contribution in [1.82, 2.24) is 14.5 Å². The highest BCUT2D eigenvalue weighted by Gasteiger charge is 2.13. The molecule has 0 unspecified atom stereocenters. The topological polar surface area (TPSA) is 60.2 Å². The Kier molecular flexibility index (Phi) is 4.84. The van der Waals surface area contributed by atoms with Gasteiger partial charge in [-0.05, 0) is 53.9 Å². The van der Waals surface area contributed by atoms with Crippen molar-refractivity contribution in [3.05, 3.63) is 103 Å². The summed E-state index contributed by atoms with van der Waals surface area (Å²) in [6.07, 6.45) is 7.32. The summed E-state index contributed by atoms with van der Waals surface area (Å²) in [4.78, 5) is 8.39. The first-order valence-corrected chi connectivity index (χ1v) is 10.1. The molecule has 31 heavy (non-hydrogen) atoms. The van der Waals surface area contributed by atoms with E-state index in [-0.39, 0.29) is 5.88 Å². The minimum atomic E-state index is 0.277. The van der Waals surface area contributed by atoms with Crippen LogP contribution in [0.2, 0.25) is 0 Å². The van der Waals surface area contributed by atoms with Crippen LogP contribution in [0.25, 0.3) is 21.9 Å². The standard InChI is InChI=1S/C26H21N3O2/c1-18-13-21(20-5-4-11-27-15-20)14-22-17-29(26(30)25(18)22)16-19-7-9-23(10-8-19)31-24-6-2-3-12-28-24/h2-15,17,30H,16H2,1H3. The van der Waals surface area contributed by atoms with E-state index >= 15 is 0 Å². The molecule has 3 heterocycles. The molecular weight excluding hydrogens is 386 g/mol. The van der Waals surface area contributed by atoms with E-state index < -0.39 is 0 Å². The second kappa shape index (κ2) is 7.95. The zero-order valence-corrected chi connectivity index (χ0v) is 17.1. The van der Waals surface area contributed by atoms with E-state index in [0.717, 1.165) is 38.8 Å². The number of ether oxygens (including phenoxy) is 1. The molecule has 0 aliphatic carbocycles. The predicted octanol–water partition coefficient (Wildman–Crippen LogP) is 5.95. The van der Waals surface area contributed by atoms with Crippen LogP contribution >= 0.6 is 0 Å². The number of nitrogens with zero attached hydrogens (tertiary/aromatic N) is 3. The highest BCUT2D eigenvalue weighted by molar-refractivity contribution is 5.94. The lowest BCUT2D eigenvalue weighted by molar-refractivity contribution is 0.430. The fraction of sp³-hybridized carbons (Fsp3) is 0.0769. The molecule has 0 saturated carbocycles. The summed E-state index contributed by atoms with van der Waals surface area (Å²) in [5.74, 6) is 1.56. The molecule has 5 aromatic rings. The maximum atomic E-state index is 10.9. The van der Waals surface area contributed by atoms with E-state index in [1.165, 1.54) is 0 Å². The van der Waals surface area contributed by atoms with E-state index in [4.69, 9.17) is 4.74 Å². The van der Waals surface area contributed by atoms with Gasteiger partial charge in [0.05, 0.1) is 6.54 Å². The molecule has 0 aliphatic rings. The average molecular weight is 407 g/mol. The van der Waals surface area contributed by atoms with Gasteiger partial charge in [0.25, 0.3) is 0 Å². The molecular formula is C26H21N3O2. The number of aryl methyl sites for hydroxylation is 1. The fourth-order valence-corrected chi connectivity index (χ4v) is 3.80. The number of hydrogen-bond acceptors (Lipinski definition) is 4. The number of benzene rings is 2. The molecule has 2 aromatic carbocycles. The number of aromatic hydroxyl groups is 1. The van der Waals surface area contributed by atoms with Crippen molar-refractivity contribution in [2.24, 2.45) is 0 Å². The van der Waals surface area contributed by atoms with Gasteiger partial charge in [-0.2, -0.15) is 0 Å². The van der Waals surface area contributed by atoms with Gasteiger partial charge in [-0.1, -0.05) is 30.3 Å². The van der Waals surface area contributed by atoms with E-state index in [2.05, 4.69) is 22.1 Å². The van der Waals surface area contributed by atoms with Crippen molar-refractivity contribution in [2.45, 2.75) is 13.5 Å². The Morgan fingerprint density at radius 1 is 0.935 bits per heavy atom. The summed E-state index contributed by atoms with van der Waals surface area (Å²) in [6.45, 7) is 2.59. The molecule has 5 nitrogen and oxygen atoms in total. The van der Waals surface area contributed by atoms with Gasteiger partial charge in [0.1, 0.15) is 5.75 Å². The first kappa shape index (κ1) is 18.9. The maximum absolute atomic E-state index is 10.9. The molecule has 0 atom stereocenters. The number of pyridine rings is 2. The maximum Gasteiger partial charge on any atom is 0.219 e. The highest BCUT2D eigenvalue weighted by Crippen LogP contribution is 2.34. The molecule has 5 rings (SSSR count). The third-order valence-electron chi connectivity index (χ3n) is 5.29. The van der Waals surface area contributed by atoms with Crippen LogP contribution in [0.5, 0.6) is 17.5 Å². The van der Waals surface area contributed by atoms with E-state index in [1.807, 2.05) is 78.5 Å². The van der Waals surface area contributed by atoms with Crippen molar-refractivity contribution in [1.29, 1.82) is 0 Å². The van der Waals surface area contributed by atoms with Crippen LogP contribution < -0.4 is 4.74 Å².